The molecule has 1 aromatic rings. The number of ether oxygens (including phenoxy) is 8. The van der Waals surface area contributed by atoms with Crippen molar-refractivity contribution in [3.8, 4) is 0 Å². The molecule has 1 N–H and O–H groups in total. The number of benzene rings is 1. The van der Waals surface area contributed by atoms with Gasteiger partial charge in [0.05, 0.1) is 13.2 Å². The fourth-order valence-corrected chi connectivity index (χ4v) is 5.38. The summed E-state index contributed by atoms with van der Waals surface area (Å²) in [6.45, 7) is 4.56. The van der Waals surface area contributed by atoms with Gasteiger partial charge in [0.15, 0.2) is 6.29 Å². The molecule has 2 aliphatic heterocycles. The molecule has 2 heterocycles. The number of hydrogen-bond acceptors (Lipinski definition) is 9. The second-order valence-electron chi connectivity index (χ2n) is 10.2. The molecule has 4 rings (SSSR count). The summed E-state index contributed by atoms with van der Waals surface area (Å²) in [5.74, 6) is -3.07. The Kier molecular flexibility index (Phi) is 9.58. The van der Waals surface area contributed by atoms with Crippen LogP contribution in [0.15, 0.2) is 30.3 Å². The van der Waals surface area contributed by atoms with Crippen molar-refractivity contribution >= 4 is 5.97 Å². The summed E-state index contributed by atoms with van der Waals surface area (Å²) in [5, 5.41) is 9.30. The number of hydrogen-bond donors (Lipinski definition) is 1. The fraction of sp³-hybridized carbons (Fsp3) is 0.741. The molecular formula is C27H40O10. The Balaban J connectivity index is 1.65. The van der Waals surface area contributed by atoms with E-state index in [1.807, 2.05) is 30.3 Å². The van der Waals surface area contributed by atoms with Crippen LogP contribution in [0.5, 0.6) is 0 Å². The molecule has 0 bridgehead atoms. The van der Waals surface area contributed by atoms with Crippen LogP contribution in [-0.4, -0.2) is 87.4 Å². The van der Waals surface area contributed by atoms with Crippen molar-refractivity contribution in [2.24, 2.45) is 5.92 Å². The summed E-state index contributed by atoms with van der Waals surface area (Å²) >= 11 is 0. The van der Waals surface area contributed by atoms with Gasteiger partial charge in [-0.3, -0.25) is 0 Å². The molecule has 0 radical (unpaired) electrons. The molecule has 10 heteroatoms. The van der Waals surface area contributed by atoms with Crippen LogP contribution in [0.1, 0.15) is 45.1 Å². The van der Waals surface area contributed by atoms with E-state index in [0.29, 0.717) is 25.4 Å². The van der Waals surface area contributed by atoms with Crippen LogP contribution in [0.3, 0.4) is 0 Å². The maximum absolute atomic E-state index is 11.4. The minimum atomic E-state index is -1.16. The summed E-state index contributed by atoms with van der Waals surface area (Å²) in [5.41, 5.74) is 0.945. The Morgan fingerprint density at radius 3 is 2.27 bits per heavy atom. The molecule has 7 atom stereocenters. The fourth-order valence-electron chi connectivity index (χ4n) is 5.38. The van der Waals surface area contributed by atoms with Crippen molar-refractivity contribution in [2.45, 2.75) is 88.4 Å². The summed E-state index contributed by atoms with van der Waals surface area (Å²) in [6, 6.07) is 9.67. The van der Waals surface area contributed by atoms with Crippen LogP contribution < -0.4 is 0 Å². The molecule has 1 unspecified atom stereocenters. The Hall–Kier alpha value is -1.63. The second-order valence-corrected chi connectivity index (χ2v) is 10.2. The Bertz CT molecular complexity index is 866. The average molecular weight is 525 g/mol. The molecule has 208 valence electrons. The summed E-state index contributed by atoms with van der Waals surface area (Å²) < 4.78 is 49.7. The van der Waals surface area contributed by atoms with E-state index in [2.05, 4.69) is 13.8 Å². The van der Waals surface area contributed by atoms with Gasteiger partial charge in [0, 0.05) is 33.7 Å². The molecule has 10 nitrogen and oxygen atoms in total. The first-order chi connectivity index (χ1) is 17.8. The molecule has 0 amide bonds. The van der Waals surface area contributed by atoms with E-state index in [1.54, 1.807) is 14.2 Å². The van der Waals surface area contributed by atoms with Crippen LogP contribution in [0, 0.1) is 5.92 Å². The monoisotopic (exact) mass is 524 g/mol. The van der Waals surface area contributed by atoms with Crippen molar-refractivity contribution in [2.75, 3.05) is 34.0 Å². The van der Waals surface area contributed by atoms with Gasteiger partial charge in [0.1, 0.15) is 31.0 Å². The average Bonchev–Trinajstić information content (AvgIpc) is 2.90. The number of carboxylic acids is 1. The van der Waals surface area contributed by atoms with Crippen LogP contribution in [0.2, 0.25) is 0 Å². The molecule has 3 aliphatic rings. The van der Waals surface area contributed by atoms with E-state index < -0.39 is 54.9 Å². The first-order valence-electron chi connectivity index (χ1n) is 13.0. The van der Waals surface area contributed by atoms with Crippen molar-refractivity contribution < 1.29 is 47.8 Å². The van der Waals surface area contributed by atoms with E-state index in [4.69, 9.17) is 37.9 Å². The van der Waals surface area contributed by atoms with Gasteiger partial charge in [0.25, 0.3) is 0 Å². The zero-order valence-corrected chi connectivity index (χ0v) is 22.1. The van der Waals surface area contributed by atoms with Crippen molar-refractivity contribution in [1.29, 1.82) is 0 Å². The van der Waals surface area contributed by atoms with Crippen molar-refractivity contribution in [3.63, 3.8) is 0 Å². The highest BCUT2D eigenvalue weighted by molar-refractivity contribution is 5.68. The van der Waals surface area contributed by atoms with E-state index in [-0.39, 0.29) is 13.2 Å². The van der Waals surface area contributed by atoms with E-state index in [9.17, 15) is 9.90 Å². The largest absolute Gasteiger partial charge is 0.480 e. The molecule has 37 heavy (non-hydrogen) atoms. The van der Waals surface area contributed by atoms with Gasteiger partial charge in [-0.05, 0) is 24.3 Å². The number of carbonyl (C=O) groups is 1. The van der Waals surface area contributed by atoms with Gasteiger partial charge in [0.2, 0.25) is 11.6 Å². The molecule has 1 aromatic carbocycles. The first-order valence-corrected chi connectivity index (χ1v) is 13.0. The van der Waals surface area contributed by atoms with Gasteiger partial charge in [-0.15, -0.1) is 0 Å². The lowest BCUT2D eigenvalue weighted by Gasteiger charge is -2.60. The predicted octanol–water partition coefficient (Wildman–Crippen LogP) is 3.11. The number of carboxylic acid groups (broad SMARTS) is 1. The SMILES string of the molecule is CO[C@]12CCCC[C@]1(OC)O[C@H]1[C@H](O2)[C@H](OCc2ccccc2)C(OCC(=O)O)O[C@@H]1COCC(C)C. The lowest BCUT2D eigenvalue weighted by atomic mass is 9.83. The zero-order chi connectivity index (χ0) is 26.5. The summed E-state index contributed by atoms with van der Waals surface area (Å²) in [6.07, 6.45) is -0.804. The maximum atomic E-state index is 11.4. The third-order valence-corrected chi connectivity index (χ3v) is 7.14. The highest BCUT2D eigenvalue weighted by Crippen LogP contribution is 2.51. The van der Waals surface area contributed by atoms with Gasteiger partial charge in [-0.1, -0.05) is 44.2 Å². The van der Waals surface area contributed by atoms with Crippen LogP contribution in [-0.2, 0) is 49.3 Å². The quantitative estimate of drug-likeness (QED) is 0.438. The molecule has 3 fully saturated rings. The van der Waals surface area contributed by atoms with Crippen LogP contribution in [0.25, 0.3) is 0 Å². The Labute approximate surface area is 218 Å². The van der Waals surface area contributed by atoms with E-state index in [1.165, 1.54) is 0 Å². The van der Waals surface area contributed by atoms with Gasteiger partial charge in [-0.2, -0.15) is 0 Å². The van der Waals surface area contributed by atoms with Gasteiger partial charge >= 0.3 is 5.97 Å². The van der Waals surface area contributed by atoms with Crippen LogP contribution >= 0.6 is 0 Å². The number of aliphatic carboxylic acids is 1. The van der Waals surface area contributed by atoms with Crippen LogP contribution in [0.4, 0.5) is 0 Å². The number of rotatable bonds is 12. The summed E-state index contributed by atoms with van der Waals surface area (Å²) in [4.78, 5) is 11.4. The second kappa shape index (κ2) is 12.5. The molecular weight excluding hydrogens is 484 g/mol. The van der Waals surface area contributed by atoms with Gasteiger partial charge in [-0.25, -0.2) is 4.79 Å². The lowest BCUT2D eigenvalue weighted by Crippen LogP contribution is -2.75. The molecule has 0 aromatic heterocycles. The van der Waals surface area contributed by atoms with E-state index in [0.717, 1.165) is 18.4 Å². The number of methoxy groups -OCH3 is 2. The third kappa shape index (κ3) is 6.17. The Morgan fingerprint density at radius 1 is 1.03 bits per heavy atom. The first kappa shape index (κ1) is 28.4. The highest BCUT2D eigenvalue weighted by Gasteiger charge is 2.67. The maximum Gasteiger partial charge on any atom is 0.329 e. The third-order valence-electron chi connectivity index (χ3n) is 7.14. The molecule has 0 spiro atoms. The normalized spacial score (nSPS) is 35.6. The highest BCUT2D eigenvalue weighted by atomic mass is 16.8. The minimum Gasteiger partial charge on any atom is -0.480 e. The lowest BCUT2D eigenvalue weighted by molar-refractivity contribution is -0.498. The van der Waals surface area contributed by atoms with E-state index >= 15 is 0 Å². The molecule has 2 saturated heterocycles. The van der Waals surface area contributed by atoms with Crippen molar-refractivity contribution in [3.05, 3.63) is 35.9 Å². The van der Waals surface area contributed by atoms with Gasteiger partial charge < -0.3 is 43.0 Å². The standard InChI is InChI=1S/C27H40O10/c1-18(2)14-32-16-20-22-23(37-27(31-4)13-9-8-12-26(27,30-3)36-22)24(25(35-20)34-17-21(28)29)33-15-19-10-6-5-7-11-19/h5-7,10-11,18,20,22-25H,8-9,12-17H2,1-4H3,(H,28,29)/t20-,22-,23+,24+,25?,26+,27+/m1/s1. The number of fused-ring (bicyclic) bond motifs is 2. The Morgan fingerprint density at radius 2 is 1.68 bits per heavy atom. The summed E-state index contributed by atoms with van der Waals surface area (Å²) in [7, 11) is 3.18. The van der Waals surface area contributed by atoms with Crippen molar-refractivity contribution in [1.82, 2.24) is 0 Å². The minimum absolute atomic E-state index is 0.209. The molecule has 1 aliphatic carbocycles. The predicted molar refractivity (Wildman–Crippen MR) is 131 cm³/mol. The topological polar surface area (TPSA) is 111 Å². The zero-order valence-electron chi connectivity index (χ0n) is 22.1. The smallest absolute Gasteiger partial charge is 0.329 e. The molecule has 1 saturated carbocycles.